The molecule has 0 unspecified atom stereocenters. The summed E-state index contributed by atoms with van der Waals surface area (Å²) in [5.41, 5.74) is 10.4. The molecular formula is C44H31N3O. The fourth-order valence-corrected chi connectivity index (χ4v) is 6.34. The largest absolute Gasteiger partial charge is 0.455 e. The molecule has 0 N–H and O–H groups in total. The molecule has 6 aromatic carbocycles. The number of rotatable bonds is 7. The average molecular weight is 618 g/mol. The van der Waals surface area contributed by atoms with Gasteiger partial charge in [-0.05, 0) is 77.0 Å². The van der Waals surface area contributed by atoms with Crippen LogP contribution in [0.25, 0.3) is 83.3 Å². The number of aromatic nitrogens is 2. The lowest BCUT2D eigenvalue weighted by Crippen LogP contribution is -1.96. The van der Waals surface area contributed by atoms with Crippen LogP contribution >= 0.6 is 0 Å². The molecule has 0 aliphatic heterocycles. The predicted molar refractivity (Wildman–Crippen MR) is 201 cm³/mol. The summed E-state index contributed by atoms with van der Waals surface area (Å²) in [4.78, 5) is 14.3. The van der Waals surface area contributed by atoms with Crippen molar-refractivity contribution in [1.82, 2.24) is 9.97 Å². The Labute approximate surface area is 279 Å². The zero-order valence-electron chi connectivity index (χ0n) is 26.5. The van der Waals surface area contributed by atoms with E-state index in [-0.39, 0.29) is 0 Å². The number of fused-ring (bicyclic) bond motifs is 4. The Morgan fingerprint density at radius 3 is 2.21 bits per heavy atom. The van der Waals surface area contributed by atoms with Crippen molar-refractivity contribution in [2.75, 3.05) is 0 Å². The summed E-state index contributed by atoms with van der Waals surface area (Å²) in [6.45, 7) is 5.66. The molecule has 0 spiro atoms. The van der Waals surface area contributed by atoms with Crippen molar-refractivity contribution in [2.24, 2.45) is 4.99 Å². The van der Waals surface area contributed by atoms with Crippen LogP contribution in [-0.4, -0.2) is 16.7 Å². The van der Waals surface area contributed by atoms with Gasteiger partial charge in [0.25, 0.3) is 0 Å². The first-order chi connectivity index (χ1) is 23.7. The third-order valence-corrected chi connectivity index (χ3v) is 8.70. The summed E-state index contributed by atoms with van der Waals surface area (Å²) in [5, 5.41) is 4.59. The topological polar surface area (TPSA) is 51.3 Å². The van der Waals surface area contributed by atoms with Crippen LogP contribution in [-0.2, 0) is 0 Å². The Morgan fingerprint density at radius 2 is 1.35 bits per heavy atom. The van der Waals surface area contributed by atoms with Crippen molar-refractivity contribution in [3.8, 4) is 45.0 Å². The van der Waals surface area contributed by atoms with Crippen LogP contribution in [0.1, 0.15) is 12.5 Å². The molecule has 0 aliphatic carbocycles. The maximum atomic E-state index is 6.44. The van der Waals surface area contributed by atoms with Crippen LogP contribution < -0.4 is 0 Å². The summed E-state index contributed by atoms with van der Waals surface area (Å²) in [7, 11) is 0. The quantitative estimate of drug-likeness (QED) is 0.132. The van der Waals surface area contributed by atoms with Crippen molar-refractivity contribution < 1.29 is 4.42 Å². The third-order valence-electron chi connectivity index (χ3n) is 8.70. The molecule has 0 atom stereocenters. The van der Waals surface area contributed by atoms with E-state index in [9.17, 15) is 0 Å². The van der Waals surface area contributed by atoms with Crippen LogP contribution in [0.3, 0.4) is 0 Å². The van der Waals surface area contributed by atoms with Crippen LogP contribution in [0.5, 0.6) is 0 Å². The Balaban J connectivity index is 1.28. The Bertz CT molecular complexity index is 2540. The van der Waals surface area contributed by atoms with Crippen molar-refractivity contribution in [1.29, 1.82) is 0 Å². The number of nitrogens with zero attached hydrogens (tertiary/aromatic N) is 3. The normalized spacial score (nSPS) is 12.0. The summed E-state index contributed by atoms with van der Waals surface area (Å²) >= 11 is 0. The van der Waals surface area contributed by atoms with Gasteiger partial charge in [-0.25, -0.2) is 9.97 Å². The van der Waals surface area contributed by atoms with Crippen LogP contribution in [0.2, 0.25) is 0 Å². The van der Waals surface area contributed by atoms with Gasteiger partial charge in [0.05, 0.1) is 11.4 Å². The van der Waals surface area contributed by atoms with E-state index in [0.29, 0.717) is 5.82 Å². The van der Waals surface area contributed by atoms with E-state index in [2.05, 4.69) is 127 Å². The third kappa shape index (κ3) is 5.40. The highest BCUT2D eigenvalue weighted by molar-refractivity contribution is 6.09. The van der Waals surface area contributed by atoms with E-state index in [0.717, 1.165) is 66.7 Å². The van der Waals surface area contributed by atoms with Gasteiger partial charge < -0.3 is 4.42 Å². The minimum atomic E-state index is 0.642. The van der Waals surface area contributed by atoms with Gasteiger partial charge in [-0.3, -0.25) is 4.99 Å². The Morgan fingerprint density at radius 1 is 0.625 bits per heavy atom. The van der Waals surface area contributed by atoms with Crippen molar-refractivity contribution in [3.05, 3.63) is 163 Å². The molecular weight excluding hydrogens is 587 g/mol. The van der Waals surface area contributed by atoms with E-state index in [1.54, 1.807) is 6.20 Å². The molecule has 0 fully saturated rings. The molecule has 2 aromatic heterocycles. The van der Waals surface area contributed by atoms with Crippen LogP contribution in [0.4, 0.5) is 0 Å². The predicted octanol–water partition coefficient (Wildman–Crippen LogP) is 11.8. The lowest BCUT2D eigenvalue weighted by Gasteiger charge is -2.12. The monoisotopic (exact) mass is 617 g/mol. The van der Waals surface area contributed by atoms with Gasteiger partial charge in [-0.15, -0.1) is 0 Å². The second-order valence-corrected chi connectivity index (χ2v) is 11.7. The molecule has 0 amide bonds. The van der Waals surface area contributed by atoms with E-state index in [1.165, 1.54) is 16.3 Å². The summed E-state index contributed by atoms with van der Waals surface area (Å²) in [6.07, 6.45) is 5.81. The molecule has 8 rings (SSSR count). The number of hydrogen-bond acceptors (Lipinski definition) is 4. The number of para-hydroxylation sites is 2. The van der Waals surface area contributed by atoms with Crippen molar-refractivity contribution in [3.63, 3.8) is 0 Å². The molecule has 0 saturated heterocycles. The van der Waals surface area contributed by atoms with Gasteiger partial charge >= 0.3 is 0 Å². The highest BCUT2D eigenvalue weighted by Crippen LogP contribution is 2.37. The Hall–Kier alpha value is -6.39. The zero-order valence-corrected chi connectivity index (χ0v) is 26.5. The Kier molecular flexibility index (Phi) is 7.52. The van der Waals surface area contributed by atoms with Gasteiger partial charge in [-0.1, -0.05) is 121 Å². The van der Waals surface area contributed by atoms with Crippen molar-refractivity contribution >= 4 is 45.0 Å². The molecule has 0 radical (unpaired) electrons. The van der Waals surface area contributed by atoms with E-state index in [1.807, 2.05) is 43.3 Å². The van der Waals surface area contributed by atoms with Crippen LogP contribution in [0.15, 0.2) is 167 Å². The highest BCUT2D eigenvalue weighted by Gasteiger charge is 2.17. The van der Waals surface area contributed by atoms with Gasteiger partial charge in [0, 0.05) is 33.7 Å². The average Bonchev–Trinajstić information content (AvgIpc) is 3.53. The maximum absolute atomic E-state index is 6.44. The number of benzene rings is 6. The lowest BCUT2D eigenvalue weighted by atomic mass is 9.99. The molecule has 0 aliphatic rings. The van der Waals surface area contributed by atoms with Crippen LogP contribution in [0, 0.1) is 0 Å². The van der Waals surface area contributed by atoms with Gasteiger partial charge in [0.15, 0.2) is 5.82 Å². The van der Waals surface area contributed by atoms with E-state index >= 15 is 0 Å². The first-order valence-electron chi connectivity index (χ1n) is 16.0. The number of hydrogen-bond donors (Lipinski definition) is 0. The molecule has 0 saturated carbocycles. The maximum Gasteiger partial charge on any atom is 0.160 e. The minimum absolute atomic E-state index is 0.642. The first-order valence-corrected chi connectivity index (χ1v) is 16.0. The van der Waals surface area contributed by atoms with Gasteiger partial charge in [-0.2, -0.15) is 0 Å². The molecule has 228 valence electrons. The van der Waals surface area contributed by atoms with Gasteiger partial charge in [0.1, 0.15) is 11.2 Å². The second-order valence-electron chi connectivity index (χ2n) is 11.7. The van der Waals surface area contributed by atoms with Gasteiger partial charge in [0.2, 0.25) is 0 Å². The minimum Gasteiger partial charge on any atom is -0.455 e. The number of allylic oxidation sites excluding steroid dienone is 3. The first kappa shape index (κ1) is 29.0. The lowest BCUT2D eigenvalue weighted by molar-refractivity contribution is 0.670. The standard InChI is InChI=1S/C44H31N3O/c1-3-10-36(28-45-2)33-13-8-14-35(26-33)40-27-41(39-17-9-16-38-37-15-6-7-18-42(37)48-43(38)39)47-44(46-40)31-22-19-30(20-23-31)34-24-21-29-11-4-5-12-32(29)25-34/h3-28H,2H2,1H3/b10-3-,36-28+. The summed E-state index contributed by atoms with van der Waals surface area (Å²) < 4.78 is 6.44. The fraction of sp³-hybridized carbons (Fsp3) is 0.0227. The molecule has 4 nitrogen and oxygen atoms in total. The SMILES string of the molecule is C=N/C=C(\C=C/C)c1cccc(-c2cc(-c3cccc4c3oc3ccccc34)nc(-c3ccc(-c4ccc5ccccc5c4)cc3)n2)c1. The number of furan rings is 1. The van der Waals surface area contributed by atoms with Crippen molar-refractivity contribution in [2.45, 2.75) is 6.92 Å². The molecule has 48 heavy (non-hydrogen) atoms. The summed E-state index contributed by atoms with van der Waals surface area (Å²) in [5.74, 6) is 0.642. The molecule has 2 heterocycles. The molecule has 8 aromatic rings. The molecule has 4 heteroatoms. The van der Waals surface area contributed by atoms with E-state index in [4.69, 9.17) is 14.4 Å². The smallest absolute Gasteiger partial charge is 0.160 e. The second kappa shape index (κ2) is 12.4. The summed E-state index contributed by atoms with van der Waals surface area (Å²) in [6, 6.07) is 48.3. The van der Waals surface area contributed by atoms with E-state index < -0.39 is 0 Å². The fourth-order valence-electron chi connectivity index (χ4n) is 6.34. The zero-order chi connectivity index (χ0) is 32.5. The molecule has 0 bridgehead atoms. The highest BCUT2D eigenvalue weighted by atomic mass is 16.3. The number of aliphatic imine (C=N–C) groups is 1.